The monoisotopic (exact) mass is 388 g/mol. The maximum atomic E-state index is 13.5. The lowest BCUT2D eigenvalue weighted by Crippen LogP contribution is -2.44. The molecule has 1 amide bonds. The van der Waals surface area contributed by atoms with Crippen LogP contribution in [0, 0.1) is 5.82 Å². The van der Waals surface area contributed by atoms with Gasteiger partial charge in [0.25, 0.3) is 0 Å². The second-order valence-electron chi connectivity index (χ2n) is 7.51. The van der Waals surface area contributed by atoms with Crippen LogP contribution >= 0.6 is 0 Å². The average molecular weight is 388 g/mol. The highest BCUT2D eigenvalue weighted by molar-refractivity contribution is 5.87. The fourth-order valence-electron chi connectivity index (χ4n) is 3.98. The van der Waals surface area contributed by atoms with E-state index in [1.165, 1.54) is 12.1 Å². The number of carbonyl (C=O) groups excluding carboxylic acids is 1. The van der Waals surface area contributed by atoms with Gasteiger partial charge in [-0.05, 0) is 48.2 Å². The number of amides is 1. The maximum Gasteiger partial charge on any atom is 0.234 e. The third-order valence-electron chi connectivity index (χ3n) is 5.53. The fourth-order valence-corrected chi connectivity index (χ4v) is 3.98. The highest BCUT2D eigenvalue weighted by Crippen LogP contribution is 2.28. The molecule has 0 bridgehead atoms. The van der Waals surface area contributed by atoms with Crippen molar-refractivity contribution in [2.45, 2.75) is 24.8 Å². The first-order valence-electron chi connectivity index (χ1n) is 10.1. The van der Waals surface area contributed by atoms with E-state index in [0.29, 0.717) is 13.1 Å². The number of nitrogens with one attached hydrogen (secondary N) is 1. The summed E-state index contributed by atoms with van der Waals surface area (Å²) in [7, 11) is 0. The summed E-state index contributed by atoms with van der Waals surface area (Å²) in [5.74, 6) is -0.356. The van der Waals surface area contributed by atoms with Crippen molar-refractivity contribution in [1.29, 1.82) is 0 Å². The third-order valence-corrected chi connectivity index (χ3v) is 5.53. The maximum absolute atomic E-state index is 13.5. The number of rotatable bonds is 5. The Labute approximate surface area is 171 Å². The molecule has 3 nitrogen and oxygen atoms in total. The van der Waals surface area contributed by atoms with E-state index < -0.39 is 0 Å². The number of hydrogen-bond acceptors (Lipinski definition) is 2. The normalized spacial score (nSPS) is 14.8. The summed E-state index contributed by atoms with van der Waals surface area (Å²) in [5, 5.41) is 3.46. The molecule has 3 aromatic rings. The first-order chi connectivity index (χ1) is 14.2. The van der Waals surface area contributed by atoms with Gasteiger partial charge in [-0.3, -0.25) is 4.79 Å². The lowest BCUT2D eigenvalue weighted by Gasteiger charge is -2.35. The number of benzene rings is 3. The minimum Gasteiger partial charge on any atom is -0.382 e. The zero-order valence-electron chi connectivity index (χ0n) is 16.3. The zero-order valence-corrected chi connectivity index (χ0v) is 16.3. The van der Waals surface area contributed by atoms with E-state index >= 15 is 0 Å². The number of nitrogens with zero attached hydrogens (tertiary/aromatic N) is 1. The second-order valence-corrected chi connectivity index (χ2v) is 7.51. The van der Waals surface area contributed by atoms with Gasteiger partial charge in [-0.1, -0.05) is 60.7 Å². The van der Waals surface area contributed by atoms with Gasteiger partial charge in [-0.25, -0.2) is 4.39 Å². The summed E-state index contributed by atoms with van der Waals surface area (Å²) < 4.78 is 13.1. The van der Waals surface area contributed by atoms with Crippen molar-refractivity contribution in [3.8, 4) is 0 Å². The molecule has 0 atom stereocenters. The van der Waals surface area contributed by atoms with Gasteiger partial charge in [-0.15, -0.1) is 0 Å². The standard InChI is InChI=1S/C25H25FN2O/c26-21-11-13-22(14-12-21)27-23-15-17-28(18-16-23)25(29)24(19-7-3-1-4-8-19)20-9-5-2-6-10-20/h1-14,23-24,27H,15-18H2. The van der Waals surface area contributed by atoms with Gasteiger partial charge in [-0.2, -0.15) is 0 Å². The molecular formula is C25H25FN2O. The Kier molecular flexibility index (Phi) is 5.89. The average Bonchev–Trinajstić information content (AvgIpc) is 2.77. The van der Waals surface area contributed by atoms with Crippen molar-refractivity contribution in [2.75, 3.05) is 18.4 Å². The van der Waals surface area contributed by atoms with Crippen molar-refractivity contribution in [1.82, 2.24) is 4.90 Å². The van der Waals surface area contributed by atoms with Gasteiger partial charge in [0.05, 0.1) is 5.92 Å². The molecule has 0 spiro atoms. The number of carbonyl (C=O) groups is 1. The van der Waals surface area contributed by atoms with E-state index in [9.17, 15) is 9.18 Å². The van der Waals surface area contributed by atoms with Crippen LogP contribution in [0.1, 0.15) is 29.9 Å². The largest absolute Gasteiger partial charge is 0.382 e. The van der Waals surface area contributed by atoms with E-state index in [2.05, 4.69) is 5.32 Å². The predicted molar refractivity (Wildman–Crippen MR) is 114 cm³/mol. The van der Waals surface area contributed by atoms with Crippen LogP contribution in [0.4, 0.5) is 10.1 Å². The molecule has 1 aliphatic heterocycles. The molecule has 0 aliphatic carbocycles. The molecule has 29 heavy (non-hydrogen) atoms. The van der Waals surface area contributed by atoms with Gasteiger partial charge >= 0.3 is 0 Å². The number of likely N-dealkylation sites (tertiary alicyclic amines) is 1. The molecule has 1 aliphatic rings. The van der Waals surface area contributed by atoms with Gasteiger partial charge in [0, 0.05) is 24.8 Å². The molecule has 0 unspecified atom stereocenters. The molecule has 148 valence electrons. The number of anilines is 1. The predicted octanol–water partition coefficient (Wildman–Crippen LogP) is 5.06. The Balaban J connectivity index is 1.45. The lowest BCUT2D eigenvalue weighted by atomic mass is 9.89. The summed E-state index contributed by atoms with van der Waals surface area (Å²) in [6.07, 6.45) is 1.75. The Bertz CT molecular complexity index is 881. The number of halogens is 1. The van der Waals surface area contributed by atoms with E-state index in [-0.39, 0.29) is 23.7 Å². The van der Waals surface area contributed by atoms with Gasteiger partial charge in [0.1, 0.15) is 5.82 Å². The highest BCUT2D eigenvalue weighted by atomic mass is 19.1. The Morgan fingerprint density at radius 2 is 1.34 bits per heavy atom. The molecule has 0 saturated carbocycles. The summed E-state index contributed by atoms with van der Waals surface area (Å²) in [5.41, 5.74) is 2.97. The van der Waals surface area contributed by atoms with Gasteiger partial charge in [0.2, 0.25) is 5.91 Å². The topological polar surface area (TPSA) is 32.3 Å². The van der Waals surface area contributed by atoms with Crippen LogP contribution in [0.3, 0.4) is 0 Å². The summed E-state index contributed by atoms with van der Waals surface area (Å²) >= 11 is 0. The number of hydrogen-bond donors (Lipinski definition) is 1. The zero-order chi connectivity index (χ0) is 20.1. The van der Waals surface area contributed by atoms with Gasteiger partial charge < -0.3 is 10.2 Å². The number of piperidine rings is 1. The summed E-state index contributed by atoms with van der Waals surface area (Å²) in [4.78, 5) is 15.4. The molecule has 1 saturated heterocycles. The SMILES string of the molecule is O=C(C(c1ccccc1)c1ccccc1)N1CCC(Nc2ccc(F)cc2)CC1. The second kappa shape index (κ2) is 8.91. The molecule has 1 fully saturated rings. The van der Waals surface area contributed by atoms with E-state index in [0.717, 1.165) is 29.7 Å². The van der Waals surface area contributed by atoms with Gasteiger partial charge in [0.15, 0.2) is 0 Å². The molecule has 0 aromatic heterocycles. The smallest absolute Gasteiger partial charge is 0.234 e. The lowest BCUT2D eigenvalue weighted by molar-refractivity contribution is -0.132. The summed E-state index contributed by atoms with van der Waals surface area (Å²) in [6.45, 7) is 1.43. The Hall–Kier alpha value is -3.14. The molecular weight excluding hydrogens is 363 g/mol. The minimum absolute atomic E-state index is 0.155. The summed E-state index contributed by atoms with van der Waals surface area (Å²) in [6, 6.07) is 26.7. The molecule has 0 radical (unpaired) electrons. The molecule has 4 heteroatoms. The molecule has 1 heterocycles. The Morgan fingerprint density at radius 3 is 1.86 bits per heavy atom. The van der Waals surface area contributed by atoms with Crippen LogP contribution in [0.5, 0.6) is 0 Å². The van der Waals surface area contributed by atoms with Crippen LogP contribution in [-0.2, 0) is 4.79 Å². The van der Waals surface area contributed by atoms with Crippen molar-refractivity contribution in [3.63, 3.8) is 0 Å². The minimum atomic E-state index is -0.279. The van der Waals surface area contributed by atoms with Crippen LogP contribution in [0.2, 0.25) is 0 Å². The first kappa shape index (κ1) is 19.2. The molecule has 4 rings (SSSR count). The van der Waals surface area contributed by atoms with Crippen LogP contribution in [0.25, 0.3) is 0 Å². The van der Waals surface area contributed by atoms with Crippen LogP contribution < -0.4 is 5.32 Å². The van der Waals surface area contributed by atoms with Crippen molar-refractivity contribution in [3.05, 3.63) is 102 Å². The fraction of sp³-hybridized carbons (Fsp3) is 0.240. The molecule has 1 N–H and O–H groups in total. The third kappa shape index (κ3) is 4.65. The molecule has 3 aromatic carbocycles. The quantitative estimate of drug-likeness (QED) is 0.663. The first-order valence-corrected chi connectivity index (χ1v) is 10.1. The van der Waals surface area contributed by atoms with E-state index in [1.807, 2.05) is 65.6 Å². The Morgan fingerprint density at radius 1 is 0.828 bits per heavy atom. The van der Waals surface area contributed by atoms with Crippen LogP contribution in [0.15, 0.2) is 84.9 Å². The van der Waals surface area contributed by atoms with Crippen molar-refractivity contribution in [2.24, 2.45) is 0 Å². The van der Waals surface area contributed by atoms with E-state index in [1.54, 1.807) is 12.1 Å². The van der Waals surface area contributed by atoms with Crippen molar-refractivity contribution >= 4 is 11.6 Å². The van der Waals surface area contributed by atoms with E-state index in [4.69, 9.17) is 0 Å². The van der Waals surface area contributed by atoms with Crippen LogP contribution in [-0.4, -0.2) is 29.9 Å². The highest BCUT2D eigenvalue weighted by Gasteiger charge is 2.30. The van der Waals surface area contributed by atoms with Crippen molar-refractivity contribution < 1.29 is 9.18 Å².